The third kappa shape index (κ3) is 5.54. The number of aryl methyl sites for hydroxylation is 1. The van der Waals surface area contributed by atoms with Crippen LogP contribution in [-0.4, -0.2) is 22.6 Å². The molecule has 5 nitrogen and oxygen atoms in total. The Morgan fingerprint density at radius 1 is 1.25 bits per heavy atom. The number of nitrogens with zero attached hydrogens (tertiary/aromatic N) is 2. The Balaban J connectivity index is 1.94. The number of unbranched alkanes of at least 4 members (excludes halogenated alkanes) is 2. The van der Waals surface area contributed by atoms with Gasteiger partial charge in [-0.05, 0) is 37.6 Å². The van der Waals surface area contributed by atoms with Gasteiger partial charge in [-0.15, -0.1) is 0 Å². The molecule has 0 bridgehead atoms. The Bertz CT molecular complexity index is 708. The van der Waals surface area contributed by atoms with Crippen molar-refractivity contribution in [1.29, 1.82) is 0 Å². The summed E-state index contributed by atoms with van der Waals surface area (Å²) in [4.78, 5) is 15.8. The highest BCUT2D eigenvalue weighted by molar-refractivity contribution is 5.75. The van der Waals surface area contributed by atoms with Gasteiger partial charge in [-0.1, -0.05) is 30.3 Å². The van der Waals surface area contributed by atoms with E-state index in [9.17, 15) is 4.79 Å². The molecule has 0 fully saturated rings. The minimum atomic E-state index is -0.0109. The highest BCUT2D eigenvalue weighted by Crippen LogP contribution is 2.17. The van der Waals surface area contributed by atoms with Gasteiger partial charge in [-0.25, -0.2) is 0 Å². The van der Waals surface area contributed by atoms with E-state index in [1.807, 2.05) is 31.2 Å². The zero-order valence-corrected chi connectivity index (χ0v) is 14.3. The van der Waals surface area contributed by atoms with E-state index in [4.69, 9.17) is 4.52 Å². The second kappa shape index (κ2) is 9.51. The molecule has 126 valence electrons. The number of carbonyl (C=O) groups excluding carboxylic acids is 1. The number of hydrogen-bond acceptors (Lipinski definition) is 4. The van der Waals surface area contributed by atoms with Crippen molar-refractivity contribution in [1.82, 2.24) is 15.5 Å². The van der Waals surface area contributed by atoms with Crippen LogP contribution in [0.4, 0.5) is 0 Å². The quantitative estimate of drug-likeness (QED) is 0.626. The minimum absolute atomic E-state index is 0.0109. The van der Waals surface area contributed by atoms with Crippen molar-refractivity contribution in [2.45, 2.75) is 46.0 Å². The molecular weight excluding hydrogens is 302 g/mol. The average Bonchev–Trinajstić information content (AvgIpc) is 3.07. The van der Waals surface area contributed by atoms with Crippen LogP contribution in [0.3, 0.4) is 0 Å². The van der Waals surface area contributed by atoms with Crippen molar-refractivity contribution in [2.75, 3.05) is 6.54 Å². The normalized spacial score (nSPS) is 10.1. The molecule has 0 unspecified atom stereocenters. The number of hydrogen-bond donors (Lipinski definition) is 1. The van der Waals surface area contributed by atoms with Crippen LogP contribution in [0.2, 0.25) is 0 Å². The van der Waals surface area contributed by atoms with E-state index < -0.39 is 0 Å². The molecule has 1 N–H and O–H groups in total. The number of aromatic nitrogens is 2. The predicted octanol–water partition coefficient (Wildman–Crippen LogP) is 3.35. The Hall–Kier alpha value is -2.61. The van der Waals surface area contributed by atoms with Gasteiger partial charge in [-0.2, -0.15) is 4.98 Å². The van der Waals surface area contributed by atoms with Gasteiger partial charge in [-0.3, -0.25) is 4.79 Å². The van der Waals surface area contributed by atoms with Crippen molar-refractivity contribution in [3.8, 4) is 23.2 Å². The molecule has 1 heterocycles. The molecule has 2 aromatic rings. The Labute approximate surface area is 142 Å². The molecule has 0 aliphatic carbocycles. The number of carbonyl (C=O) groups is 1. The maximum Gasteiger partial charge on any atom is 0.227 e. The molecule has 0 aliphatic heterocycles. The fourth-order valence-electron chi connectivity index (χ4n) is 2.11. The maximum absolute atomic E-state index is 11.4. The molecule has 0 radical (unpaired) electrons. The maximum atomic E-state index is 11.4. The van der Waals surface area contributed by atoms with Gasteiger partial charge in [0, 0.05) is 36.9 Å². The van der Waals surface area contributed by atoms with Crippen LogP contribution in [0, 0.1) is 11.8 Å². The number of rotatable bonds is 7. The van der Waals surface area contributed by atoms with E-state index in [2.05, 4.69) is 34.2 Å². The summed E-state index contributed by atoms with van der Waals surface area (Å²) in [6.45, 7) is 4.67. The third-order valence-corrected chi connectivity index (χ3v) is 3.44. The second-order valence-corrected chi connectivity index (χ2v) is 5.45. The molecule has 1 aromatic heterocycles. The Morgan fingerprint density at radius 3 is 2.75 bits per heavy atom. The van der Waals surface area contributed by atoms with E-state index in [-0.39, 0.29) is 5.91 Å². The zero-order chi connectivity index (χ0) is 17.2. The smallest absolute Gasteiger partial charge is 0.227 e. The molecule has 0 atom stereocenters. The minimum Gasteiger partial charge on any atom is -0.356 e. The van der Waals surface area contributed by atoms with Crippen LogP contribution >= 0.6 is 0 Å². The summed E-state index contributed by atoms with van der Waals surface area (Å²) in [5.41, 5.74) is 1.86. The van der Waals surface area contributed by atoms with Crippen molar-refractivity contribution in [3.05, 3.63) is 35.7 Å². The summed E-state index contributed by atoms with van der Waals surface area (Å²) in [7, 11) is 0. The van der Waals surface area contributed by atoms with Gasteiger partial charge in [0.2, 0.25) is 17.6 Å². The van der Waals surface area contributed by atoms with Crippen molar-refractivity contribution in [3.63, 3.8) is 0 Å². The number of amides is 1. The second-order valence-electron chi connectivity index (χ2n) is 5.45. The third-order valence-electron chi connectivity index (χ3n) is 3.44. The molecule has 0 aliphatic rings. The van der Waals surface area contributed by atoms with Gasteiger partial charge in [0.15, 0.2) is 0 Å². The summed E-state index contributed by atoms with van der Waals surface area (Å²) >= 11 is 0. The molecule has 1 amide bonds. The first kappa shape index (κ1) is 17.7. The van der Waals surface area contributed by atoms with Crippen molar-refractivity contribution < 1.29 is 9.32 Å². The lowest BCUT2D eigenvalue weighted by Gasteiger charge is -1.98. The summed E-state index contributed by atoms with van der Waals surface area (Å²) in [5.74, 6) is 7.31. The van der Waals surface area contributed by atoms with E-state index in [0.717, 1.165) is 30.4 Å². The van der Waals surface area contributed by atoms with Crippen LogP contribution in [0.1, 0.15) is 51.0 Å². The molecule has 24 heavy (non-hydrogen) atoms. The SMILES string of the molecule is CCCCC#Cc1ccc(-c2noc(CCC(=O)NCC)n2)cc1. The molecular formula is C19H23N3O2. The van der Waals surface area contributed by atoms with E-state index in [1.165, 1.54) is 0 Å². The van der Waals surface area contributed by atoms with Gasteiger partial charge in [0.05, 0.1) is 0 Å². The Morgan fingerprint density at radius 2 is 2.04 bits per heavy atom. The van der Waals surface area contributed by atoms with Gasteiger partial charge in [0.1, 0.15) is 0 Å². The first-order chi connectivity index (χ1) is 11.7. The fourth-order valence-corrected chi connectivity index (χ4v) is 2.11. The van der Waals surface area contributed by atoms with Crippen LogP contribution in [0.15, 0.2) is 28.8 Å². The van der Waals surface area contributed by atoms with Crippen LogP contribution in [0.5, 0.6) is 0 Å². The molecule has 1 aromatic carbocycles. The van der Waals surface area contributed by atoms with Crippen LogP contribution in [-0.2, 0) is 11.2 Å². The highest BCUT2D eigenvalue weighted by Gasteiger charge is 2.10. The first-order valence-corrected chi connectivity index (χ1v) is 8.41. The topological polar surface area (TPSA) is 68.0 Å². The first-order valence-electron chi connectivity index (χ1n) is 8.41. The molecule has 2 rings (SSSR count). The molecule has 0 saturated heterocycles. The van der Waals surface area contributed by atoms with E-state index >= 15 is 0 Å². The molecule has 0 saturated carbocycles. The number of nitrogens with one attached hydrogen (secondary N) is 1. The average molecular weight is 325 g/mol. The van der Waals surface area contributed by atoms with Crippen molar-refractivity contribution >= 4 is 5.91 Å². The molecule has 5 heteroatoms. The summed E-state index contributed by atoms with van der Waals surface area (Å²) in [6.07, 6.45) is 4.01. The monoisotopic (exact) mass is 325 g/mol. The fraction of sp³-hybridized carbons (Fsp3) is 0.421. The van der Waals surface area contributed by atoms with E-state index in [1.54, 1.807) is 0 Å². The zero-order valence-electron chi connectivity index (χ0n) is 14.3. The van der Waals surface area contributed by atoms with Gasteiger partial charge < -0.3 is 9.84 Å². The Kier molecular flexibility index (Phi) is 7.03. The standard InChI is InChI=1S/C19H23N3O2/c1-3-5-6-7-8-15-9-11-16(12-10-15)19-21-18(24-22-19)14-13-17(23)20-4-2/h9-12H,3-6,13-14H2,1-2H3,(H,20,23). The number of benzene rings is 1. The van der Waals surface area contributed by atoms with Crippen molar-refractivity contribution in [2.24, 2.45) is 0 Å². The molecule has 0 spiro atoms. The largest absolute Gasteiger partial charge is 0.356 e. The van der Waals surface area contributed by atoms with Crippen LogP contribution in [0.25, 0.3) is 11.4 Å². The lowest BCUT2D eigenvalue weighted by Crippen LogP contribution is -2.22. The summed E-state index contributed by atoms with van der Waals surface area (Å²) in [6, 6.07) is 7.78. The predicted molar refractivity (Wildman–Crippen MR) is 93.1 cm³/mol. The van der Waals surface area contributed by atoms with Gasteiger partial charge in [0.25, 0.3) is 0 Å². The van der Waals surface area contributed by atoms with Crippen LogP contribution < -0.4 is 5.32 Å². The van der Waals surface area contributed by atoms with Gasteiger partial charge >= 0.3 is 0 Å². The van der Waals surface area contributed by atoms with E-state index in [0.29, 0.717) is 31.1 Å². The lowest BCUT2D eigenvalue weighted by atomic mass is 10.1. The highest BCUT2D eigenvalue weighted by atomic mass is 16.5. The summed E-state index contributed by atoms with van der Waals surface area (Å²) in [5, 5.41) is 6.72. The summed E-state index contributed by atoms with van der Waals surface area (Å²) < 4.78 is 5.20. The lowest BCUT2D eigenvalue weighted by molar-refractivity contribution is -0.121.